The molecular weight excluding hydrogens is 492 g/mol. The monoisotopic (exact) mass is 515 g/mol. The van der Waals surface area contributed by atoms with E-state index in [4.69, 9.17) is 0 Å². The Balaban J connectivity index is 1.77. The van der Waals surface area contributed by atoms with Gasteiger partial charge in [0, 0.05) is 23.8 Å². The number of hydrogen-bond acceptors (Lipinski definition) is 5. The lowest BCUT2D eigenvalue weighted by Gasteiger charge is -2.30. The van der Waals surface area contributed by atoms with Crippen LogP contribution in [0.5, 0.6) is 5.75 Å². The zero-order valence-electron chi connectivity index (χ0n) is 18.8. The van der Waals surface area contributed by atoms with E-state index in [0.717, 1.165) is 15.2 Å². The van der Waals surface area contributed by atoms with Gasteiger partial charge in [-0.3, -0.25) is 10.0 Å². The third kappa shape index (κ3) is 5.38. The first kappa shape index (κ1) is 25.3. The van der Waals surface area contributed by atoms with Gasteiger partial charge in [-0.15, -0.1) is 0 Å². The Labute approximate surface area is 205 Å². The first-order valence-corrected chi connectivity index (χ1v) is 12.3. The van der Waals surface area contributed by atoms with Crippen molar-refractivity contribution in [3.8, 4) is 5.75 Å². The number of H-pyrrole nitrogens is 1. The molecule has 0 spiro atoms. The zero-order valence-corrected chi connectivity index (χ0v) is 19.6. The van der Waals surface area contributed by atoms with Gasteiger partial charge in [-0.05, 0) is 65.4 Å². The average Bonchev–Trinajstić information content (AvgIpc) is 3.34. The predicted octanol–water partition coefficient (Wildman–Crippen LogP) is 4.12. The number of carbonyl (C=O) groups excluding carboxylic acids is 1. The molecule has 4 N–H and O–H groups in total. The fourth-order valence-corrected chi connectivity index (χ4v) is 5.49. The molecule has 0 radical (unpaired) electrons. The number of amides is 1. The molecule has 0 unspecified atom stereocenters. The smallest absolute Gasteiger partial charge is 0.263 e. The second-order valence-electron chi connectivity index (χ2n) is 8.18. The van der Waals surface area contributed by atoms with Crippen molar-refractivity contribution in [3.63, 3.8) is 0 Å². The minimum Gasteiger partial charge on any atom is -0.508 e. The lowest BCUT2D eigenvalue weighted by molar-refractivity contribution is -0.133. The number of alkyl halides is 2. The van der Waals surface area contributed by atoms with Gasteiger partial charge in [0.1, 0.15) is 11.8 Å². The highest BCUT2D eigenvalue weighted by molar-refractivity contribution is 7.89. The third-order valence-corrected chi connectivity index (χ3v) is 7.69. The molecule has 0 aliphatic carbocycles. The largest absolute Gasteiger partial charge is 0.508 e. The molecule has 4 aromatic rings. The molecule has 1 aromatic heterocycles. The lowest BCUT2D eigenvalue weighted by atomic mass is 10.0. The van der Waals surface area contributed by atoms with Crippen LogP contribution in [-0.4, -0.2) is 40.0 Å². The van der Waals surface area contributed by atoms with Gasteiger partial charge in [-0.1, -0.05) is 30.3 Å². The number of benzene rings is 3. The Morgan fingerprint density at radius 3 is 2.28 bits per heavy atom. The molecule has 1 heterocycles. The third-order valence-electron chi connectivity index (χ3n) is 5.82. The molecule has 36 heavy (non-hydrogen) atoms. The van der Waals surface area contributed by atoms with E-state index in [1.54, 1.807) is 24.4 Å². The van der Waals surface area contributed by atoms with Crippen LogP contribution < -0.4 is 5.48 Å². The van der Waals surface area contributed by atoms with E-state index < -0.39 is 28.4 Å². The summed E-state index contributed by atoms with van der Waals surface area (Å²) in [5.74, 6) is -1.12. The topological polar surface area (TPSA) is 123 Å². The van der Waals surface area contributed by atoms with Crippen LogP contribution in [0.25, 0.3) is 10.9 Å². The number of nitrogens with zero attached hydrogens (tertiary/aromatic N) is 1. The molecule has 0 fully saturated rings. The Kier molecular flexibility index (Phi) is 7.34. The number of aromatic nitrogens is 1. The fourth-order valence-electron chi connectivity index (χ4n) is 3.92. The summed E-state index contributed by atoms with van der Waals surface area (Å²) in [4.78, 5) is 15.7. The van der Waals surface area contributed by atoms with Gasteiger partial charge in [-0.25, -0.2) is 22.7 Å². The maximum Gasteiger partial charge on any atom is 0.263 e. The fraction of sp³-hybridized carbons (Fsp3) is 0.160. The maximum atomic E-state index is 13.7. The standard InChI is InChI=1S/C25H23F2N3O5S/c26-24(27)18-4-1-16(2-5-18)14-23(25(32)29-33)30(36(34,35)21-8-6-20(31)7-9-21)15-17-3-10-22-19(13-17)11-12-28-22/h1-13,23-24,28,31,33H,14-15H2,(H,29,32)/t23-/m1/s1. The summed E-state index contributed by atoms with van der Waals surface area (Å²) in [5.41, 5.74) is 3.15. The summed E-state index contributed by atoms with van der Waals surface area (Å²) in [6, 6.07) is 15.7. The Bertz CT molecular complexity index is 1460. The molecular formula is C25H23F2N3O5S. The van der Waals surface area contributed by atoms with E-state index in [0.29, 0.717) is 11.1 Å². The van der Waals surface area contributed by atoms with Crippen molar-refractivity contribution in [2.24, 2.45) is 0 Å². The van der Waals surface area contributed by atoms with E-state index in [1.165, 1.54) is 54.0 Å². The average molecular weight is 516 g/mol. The van der Waals surface area contributed by atoms with Gasteiger partial charge >= 0.3 is 0 Å². The van der Waals surface area contributed by atoms with Crippen LogP contribution in [0.2, 0.25) is 0 Å². The van der Waals surface area contributed by atoms with Crippen LogP contribution in [0.15, 0.2) is 83.9 Å². The van der Waals surface area contributed by atoms with Crippen LogP contribution in [0.3, 0.4) is 0 Å². The summed E-state index contributed by atoms with van der Waals surface area (Å²) >= 11 is 0. The van der Waals surface area contributed by atoms with E-state index in [1.807, 2.05) is 6.07 Å². The van der Waals surface area contributed by atoms with E-state index in [-0.39, 0.29) is 29.2 Å². The summed E-state index contributed by atoms with van der Waals surface area (Å²) in [7, 11) is -4.33. The number of sulfonamides is 1. The van der Waals surface area contributed by atoms with Crippen molar-refractivity contribution in [2.45, 2.75) is 30.3 Å². The Morgan fingerprint density at radius 2 is 1.64 bits per heavy atom. The van der Waals surface area contributed by atoms with Crippen LogP contribution in [0, 0.1) is 0 Å². The highest BCUT2D eigenvalue weighted by Gasteiger charge is 2.36. The number of nitrogens with one attached hydrogen (secondary N) is 2. The van der Waals surface area contributed by atoms with Gasteiger partial charge in [0.05, 0.1) is 4.90 Å². The lowest BCUT2D eigenvalue weighted by Crippen LogP contribution is -2.49. The second-order valence-corrected chi connectivity index (χ2v) is 10.1. The Morgan fingerprint density at radius 1 is 0.972 bits per heavy atom. The first-order valence-electron chi connectivity index (χ1n) is 10.9. The number of aromatic hydroxyl groups is 1. The quantitative estimate of drug-likeness (QED) is 0.197. The van der Waals surface area contributed by atoms with Crippen molar-refractivity contribution in [3.05, 3.63) is 95.7 Å². The van der Waals surface area contributed by atoms with Crippen molar-refractivity contribution < 1.29 is 32.3 Å². The minimum atomic E-state index is -4.33. The molecule has 8 nitrogen and oxygen atoms in total. The van der Waals surface area contributed by atoms with Crippen LogP contribution in [0.4, 0.5) is 8.78 Å². The van der Waals surface area contributed by atoms with Crippen LogP contribution in [0.1, 0.15) is 23.1 Å². The van der Waals surface area contributed by atoms with E-state index in [2.05, 4.69) is 4.98 Å². The molecule has 1 atom stereocenters. The van der Waals surface area contributed by atoms with Crippen molar-refractivity contribution in [1.29, 1.82) is 0 Å². The van der Waals surface area contributed by atoms with Crippen molar-refractivity contribution >= 4 is 26.8 Å². The molecule has 188 valence electrons. The van der Waals surface area contributed by atoms with Crippen LogP contribution in [-0.2, 0) is 27.8 Å². The number of rotatable bonds is 9. The summed E-state index contributed by atoms with van der Waals surface area (Å²) in [5, 5.41) is 19.9. The molecule has 0 bridgehead atoms. The number of hydrogen-bond donors (Lipinski definition) is 4. The number of phenols is 1. The molecule has 0 saturated carbocycles. The van der Waals surface area contributed by atoms with Crippen molar-refractivity contribution in [1.82, 2.24) is 14.8 Å². The molecule has 0 aliphatic heterocycles. The number of fused-ring (bicyclic) bond motifs is 1. The molecule has 4 rings (SSSR count). The highest BCUT2D eigenvalue weighted by Crippen LogP contribution is 2.27. The number of carbonyl (C=O) groups is 1. The van der Waals surface area contributed by atoms with Gasteiger partial charge in [0.25, 0.3) is 12.3 Å². The SMILES string of the molecule is O=C(NO)[C@@H](Cc1ccc(C(F)F)cc1)N(Cc1ccc2[nH]ccc2c1)S(=O)(=O)c1ccc(O)cc1. The molecule has 0 saturated heterocycles. The molecule has 11 heteroatoms. The van der Waals surface area contributed by atoms with Crippen molar-refractivity contribution in [2.75, 3.05) is 0 Å². The van der Waals surface area contributed by atoms with Gasteiger partial charge < -0.3 is 10.1 Å². The van der Waals surface area contributed by atoms with E-state index in [9.17, 15) is 32.3 Å². The molecule has 0 aliphatic rings. The zero-order chi connectivity index (χ0) is 25.9. The van der Waals surface area contributed by atoms with Crippen LogP contribution >= 0.6 is 0 Å². The normalized spacial score (nSPS) is 12.8. The predicted molar refractivity (Wildman–Crippen MR) is 128 cm³/mol. The second kappa shape index (κ2) is 10.4. The molecule has 3 aromatic carbocycles. The number of hydroxylamine groups is 1. The Hall–Kier alpha value is -3.80. The highest BCUT2D eigenvalue weighted by atomic mass is 32.2. The summed E-state index contributed by atoms with van der Waals surface area (Å²) < 4.78 is 54.4. The number of aromatic amines is 1. The van der Waals surface area contributed by atoms with Gasteiger partial charge in [-0.2, -0.15) is 4.31 Å². The number of phenolic OH excluding ortho intramolecular Hbond substituents is 1. The van der Waals surface area contributed by atoms with E-state index >= 15 is 0 Å². The summed E-state index contributed by atoms with van der Waals surface area (Å²) in [6.07, 6.45) is -1.13. The number of halogens is 2. The minimum absolute atomic E-state index is 0.137. The molecule has 1 amide bonds. The first-order chi connectivity index (χ1) is 17.2. The van der Waals surface area contributed by atoms with Gasteiger partial charge in [0.2, 0.25) is 10.0 Å². The maximum absolute atomic E-state index is 13.7. The van der Waals surface area contributed by atoms with Gasteiger partial charge in [0.15, 0.2) is 0 Å². The summed E-state index contributed by atoms with van der Waals surface area (Å²) in [6.45, 7) is -0.225.